The van der Waals surface area contributed by atoms with E-state index in [1.165, 1.54) is 17.4 Å². The van der Waals surface area contributed by atoms with E-state index in [0.29, 0.717) is 12.1 Å². The summed E-state index contributed by atoms with van der Waals surface area (Å²) in [6.45, 7) is 0.709. The lowest BCUT2D eigenvalue weighted by molar-refractivity contribution is 0.0611. The zero-order valence-corrected chi connectivity index (χ0v) is 13.9. The highest BCUT2D eigenvalue weighted by Crippen LogP contribution is 2.33. The highest BCUT2D eigenvalue weighted by Gasteiger charge is 2.29. The molecule has 1 fully saturated rings. The van der Waals surface area contributed by atoms with Crippen LogP contribution in [0.2, 0.25) is 0 Å². The van der Waals surface area contributed by atoms with Crippen molar-refractivity contribution in [2.45, 2.75) is 25.3 Å². The van der Waals surface area contributed by atoms with Gasteiger partial charge in [-0.05, 0) is 55.2 Å². The molecule has 0 aliphatic carbocycles. The van der Waals surface area contributed by atoms with E-state index in [-0.39, 0.29) is 17.8 Å². The molecular formula is C19H17FN2OS. The van der Waals surface area contributed by atoms with Crippen LogP contribution in [0.15, 0.2) is 48.0 Å². The van der Waals surface area contributed by atoms with Gasteiger partial charge in [0.1, 0.15) is 5.82 Å². The zero-order valence-electron chi connectivity index (χ0n) is 13.1. The third-order valence-electron chi connectivity index (χ3n) is 4.58. The van der Waals surface area contributed by atoms with Crippen molar-refractivity contribution >= 4 is 27.5 Å². The number of hydrogen-bond acceptors (Lipinski definition) is 3. The van der Waals surface area contributed by atoms with Crippen molar-refractivity contribution in [2.24, 2.45) is 0 Å². The number of carbonyl (C=O) groups is 1. The molecule has 0 saturated carbocycles. The lowest BCUT2D eigenvalue weighted by Crippen LogP contribution is -2.38. The van der Waals surface area contributed by atoms with Gasteiger partial charge in [-0.15, -0.1) is 11.3 Å². The molecule has 3 aromatic rings. The molecule has 1 aliphatic heterocycles. The number of thiazole rings is 1. The van der Waals surface area contributed by atoms with E-state index >= 15 is 0 Å². The fourth-order valence-electron chi connectivity index (χ4n) is 3.39. The molecule has 0 spiro atoms. The molecule has 1 atom stereocenters. The molecule has 122 valence electrons. The van der Waals surface area contributed by atoms with Crippen molar-refractivity contribution in [1.82, 2.24) is 9.88 Å². The van der Waals surface area contributed by atoms with Crippen LogP contribution in [0, 0.1) is 5.82 Å². The number of halogens is 1. The predicted molar refractivity (Wildman–Crippen MR) is 93.6 cm³/mol. The summed E-state index contributed by atoms with van der Waals surface area (Å²) in [4.78, 5) is 19.2. The van der Waals surface area contributed by atoms with Crippen molar-refractivity contribution in [2.75, 3.05) is 6.54 Å². The van der Waals surface area contributed by atoms with Crippen molar-refractivity contribution in [3.63, 3.8) is 0 Å². The number of amides is 1. The summed E-state index contributed by atoms with van der Waals surface area (Å²) in [6.07, 6.45) is 2.91. The first-order valence-electron chi connectivity index (χ1n) is 8.12. The van der Waals surface area contributed by atoms with Gasteiger partial charge in [-0.25, -0.2) is 9.37 Å². The van der Waals surface area contributed by atoms with Crippen molar-refractivity contribution in [1.29, 1.82) is 0 Å². The average Bonchev–Trinajstić information content (AvgIpc) is 3.09. The van der Waals surface area contributed by atoms with Gasteiger partial charge in [0.05, 0.1) is 21.8 Å². The van der Waals surface area contributed by atoms with Gasteiger partial charge >= 0.3 is 0 Å². The normalized spacial score (nSPS) is 18.0. The van der Waals surface area contributed by atoms with Crippen LogP contribution in [0.5, 0.6) is 0 Å². The lowest BCUT2D eigenvalue weighted by atomic mass is 9.94. The summed E-state index contributed by atoms with van der Waals surface area (Å²) in [5.74, 6) is -0.240. The number of hydrogen-bond donors (Lipinski definition) is 0. The van der Waals surface area contributed by atoms with Gasteiger partial charge in [-0.1, -0.05) is 12.1 Å². The number of benzene rings is 2. The van der Waals surface area contributed by atoms with Crippen molar-refractivity contribution in [3.8, 4) is 0 Å². The maximum Gasteiger partial charge on any atom is 0.254 e. The van der Waals surface area contributed by atoms with Crippen molar-refractivity contribution in [3.05, 3.63) is 64.9 Å². The fourth-order valence-corrected chi connectivity index (χ4v) is 4.11. The fraction of sp³-hybridized carbons (Fsp3) is 0.263. The van der Waals surface area contributed by atoms with Crippen LogP contribution in [0.1, 0.15) is 41.2 Å². The van der Waals surface area contributed by atoms with E-state index in [0.717, 1.165) is 35.0 Å². The first-order chi connectivity index (χ1) is 11.7. The molecule has 5 heteroatoms. The number of rotatable bonds is 2. The van der Waals surface area contributed by atoms with E-state index < -0.39 is 0 Å². The SMILES string of the molecule is O=C(c1ccc2ncsc2c1)N1CCCC[C@@H]1c1cccc(F)c1. The molecule has 1 amide bonds. The van der Waals surface area contributed by atoms with E-state index in [1.54, 1.807) is 17.6 Å². The van der Waals surface area contributed by atoms with E-state index in [4.69, 9.17) is 0 Å². The minimum Gasteiger partial charge on any atom is -0.332 e. The quantitative estimate of drug-likeness (QED) is 0.671. The first kappa shape index (κ1) is 15.3. The van der Waals surface area contributed by atoms with E-state index in [2.05, 4.69) is 4.98 Å². The van der Waals surface area contributed by atoms with Crippen LogP contribution in [0.4, 0.5) is 4.39 Å². The summed E-state index contributed by atoms with van der Waals surface area (Å²) in [6, 6.07) is 12.2. The molecule has 24 heavy (non-hydrogen) atoms. The second kappa shape index (κ2) is 6.32. The Morgan fingerprint density at radius 1 is 1.21 bits per heavy atom. The van der Waals surface area contributed by atoms with Crippen LogP contribution in [0.3, 0.4) is 0 Å². The summed E-state index contributed by atoms with van der Waals surface area (Å²) in [5, 5.41) is 0. The second-order valence-corrected chi connectivity index (χ2v) is 6.99. The summed E-state index contributed by atoms with van der Waals surface area (Å²) >= 11 is 1.53. The van der Waals surface area contributed by atoms with Gasteiger partial charge in [0.15, 0.2) is 0 Å². The Labute approximate surface area is 143 Å². The summed E-state index contributed by atoms with van der Waals surface area (Å²) in [5.41, 5.74) is 4.25. The molecule has 3 nitrogen and oxygen atoms in total. The first-order valence-corrected chi connectivity index (χ1v) is 9.00. The van der Waals surface area contributed by atoms with Crippen LogP contribution in [-0.2, 0) is 0 Å². The van der Waals surface area contributed by atoms with Crippen molar-refractivity contribution < 1.29 is 9.18 Å². The minimum atomic E-state index is -0.253. The van der Waals surface area contributed by atoms with Gasteiger partial charge in [-0.3, -0.25) is 4.79 Å². The average molecular weight is 340 g/mol. The molecule has 0 unspecified atom stereocenters. The van der Waals surface area contributed by atoms with Gasteiger partial charge in [0.2, 0.25) is 0 Å². The Kier molecular flexibility index (Phi) is 4.02. The molecule has 0 bridgehead atoms. The van der Waals surface area contributed by atoms with Gasteiger partial charge in [0, 0.05) is 12.1 Å². The Balaban J connectivity index is 1.67. The van der Waals surface area contributed by atoms with Crippen LogP contribution in [-0.4, -0.2) is 22.3 Å². The number of piperidine rings is 1. The monoisotopic (exact) mass is 340 g/mol. The summed E-state index contributed by atoms with van der Waals surface area (Å²) < 4.78 is 14.6. The maximum absolute atomic E-state index is 13.6. The number of fused-ring (bicyclic) bond motifs is 1. The molecule has 0 radical (unpaired) electrons. The Hall–Kier alpha value is -2.27. The highest BCUT2D eigenvalue weighted by molar-refractivity contribution is 7.16. The lowest BCUT2D eigenvalue weighted by Gasteiger charge is -2.36. The molecule has 0 N–H and O–H groups in total. The molecule has 4 rings (SSSR count). The number of aromatic nitrogens is 1. The molecule has 1 saturated heterocycles. The molecular weight excluding hydrogens is 323 g/mol. The topological polar surface area (TPSA) is 33.2 Å². The standard InChI is InChI=1S/C19H17FN2OS/c20-15-5-3-4-13(10-15)17-6-1-2-9-22(17)19(23)14-7-8-16-18(11-14)24-12-21-16/h3-5,7-8,10-12,17H,1-2,6,9H2/t17-/m1/s1. The zero-order chi connectivity index (χ0) is 16.5. The minimum absolute atomic E-state index is 0.0132. The third-order valence-corrected chi connectivity index (χ3v) is 5.37. The molecule has 2 heterocycles. The molecule has 1 aromatic heterocycles. The Bertz CT molecular complexity index is 892. The summed E-state index contributed by atoms with van der Waals surface area (Å²) in [7, 11) is 0. The Morgan fingerprint density at radius 2 is 2.12 bits per heavy atom. The van der Waals surface area contributed by atoms with Crippen LogP contribution >= 0.6 is 11.3 Å². The van der Waals surface area contributed by atoms with Crippen LogP contribution < -0.4 is 0 Å². The third kappa shape index (κ3) is 2.80. The highest BCUT2D eigenvalue weighted by atomic mass is 32.1. The van der Waals surface area contributed by atoms with Gasteiger partial charge in [-0.2, -0.15) is 0 Å². The van der Waals surface area contributed by atoms with Crippen LogP contribution in [0.25, 0.3) is 10.2 Å². The maximum atomic E-state index is 13.6. The van der Waals surface area contributed by atoms with E-state index in [1.807, 2.05) is 29.2 Å². The number of carbonyl (C=O) groups excluding carboxylic acids is 1. The predicted octanol–water partition coefficient (Wildman–Crippen LogP) is 4.80. The molecule has 1 aliphatic rings. The smallest absolute Gasteiger partial charge is 0.254 e. The van der Waals surface area contributed by atoms with Gasteiger partial charge in [0.25, 0.3) is 5.91 Å². The Morgan fingerprint density at radius 3 is 3.00 bits per heavy atom. The number of nitrogens with zero attached hydrogens (tertiary/aromatic N) is 2. The second-order valence-electron chi connectivity index (χ2n) is 6.10. The van der Waals surface area contributed by atoms with E-state index in [9.17, 15) is 9.18 Å². The number of likely N-dealkylation sites (tertiary alicyclic amines) is 1. The molecule has 2 aromatic carbocycles. The van der Waals surface area contributed by atoms with Gasteiger partial charge < -0.3 is 4.90 Å². The largest absolute Gasteiger partial charge is 0.332 e.